The van der Waals surface area contributed by atoms with E-state index in [0.29, 0.717) is 11.7 Å². The van der Waals surface area contributed by atoms with Gasteiger partial charge in [0.2, 0.25) is 10.0 Å². The molecule has 0 spiro atoms. The topological polar surface area (TPSA) is 90.5 Å². The number of benzene rings is 1. The molecule has 25 heavy (non-hydrogen) atoms. The second-order valence-corrected chi connectivity index (χ2v) is 8.47. The van der Waals surface area contributed by atoms with Crippen molar-refractivity contribution in [1.29, 1.82) is 0 Å². The first-order chi connectivity index (χ1) is 11.9. The van der Waals surface area contributed by atoms with E-state index in [2.05, 4.69) is 33.2 Å². The fourth-order valence-electron chi connectivity index (χ4n) is 2.95. The smallest absolute Gasteiger partial charge is 0.319 e. The molecule has 1 atom stereocenters. The van der Waals surface area contributed by atoms with Crippen LogP contribution in [0.2, 0.25) is 0 Å². The molecule has 1 heterocycles. The van der Waals surface area contributed by atoms with Gasteiger partial charge in [0.15, 0.2) is 0 Å². The first kappa shape index (κ1) is 19.7. The second-order valence-electron chi connectivity index (χ2n) is 6.42. The van der Waals surface area contributed by atoms with Crippen molar-refractivity contribution in [2.75, 3.05) is 31.2 Å². The average Bonchev–Trinajstić information content (AvgIpc) is 2.57. The van der Waals surface area contributed by atoms with Crippen molar-refractivity contribution in [2.45, 2.75) is 38.8 Å². The zero-order valence-electron chi connectivity index (χ0n) is 14.9. The van der Waals surface area contributed by atoms with Crippen LogP contribution in [0, 0.1) is 0 Å². The molecule has 140 valence electrons. The standard InChI is InChI=1S/C17H28N4O3S/c1-14-6-3-4-10-21(14)13-15-7-5-8-16(12-15)20-17(22)19-9-11-25(23,24)18-2/h5,7-8,12,14,18H,3-4,6,9-11,13H2,1-2H3,(H2,19,20,22). The van der Waals surface area contributed by atoms with Crippen LogP contribution < -0.4 is 15.4 Å². The Morgan fingerprint density at radius 3 is 2.84 bits per heavy atom. The highest BCUT2D eigenvalue weighted by Gasteiger charge is 2.18. The highest BCUT2D eigenvalue weighted by atomic mass is 32.2. The zero-order valence-corrected chi connectivity index (χ0v) is 15.7. The highest BCUT2D eigenvalue weighted by molar-refractivity contribution is 7.89. The summed E-state index contributed by atoms with van der Waals surface area (Å²) in [6, 6.07) is 7.95. The molecule has 1 aromatic rings. The Kier molecular flexibility index (Phi) is 7.22. The van der Waals surface area contributed by atoms with Crippen molar-refractivity contribution in [3.8, 4) is 0 Å². The Balaban J connectivity index is 1.85. The average molecular weight is 369 g/mol. The number of hydrogen-bond donors (Lipinski definition) is 3. The molecule has 1 unspecified atom stereocenters. The van der Waals surface area contributed by atoms with E-state index < -0.39 is 16.1 Å². The van der Waals surface area contributed by atoms with E-state index in [9.17, 15) is 13.2 Å². The van der Waals surface area contributed by atoms with Crippen molar-refractivity contribution in [3.05, 3.63) is 29.8 Å². The number of anilines is 1. The van der Waals surface area contributed by atoms with Crippen molar-refractivity contribution < 1.29 is 13.2 Å². The molecule has 2 rings (SSSR count). The molecule has 1 saturated heterocycles. The summed E-state index contributed by atoms with van der Waals surface area (Å²) in [5.41, 5.74) is 1.86. The molecule has 1 fully saturated rings. The normalized spacial score (nSPS) is 18.7. The Morgan fingerprint density at radius 1 is 1.32 bits per heavy atom. The minimum atomic E-state index is -3.31. The number of nitrogens with zero attached hydrogens (tertiary/aromatic N) is 1. The molecule has 3 N–H and O–H groups in total. The van der Waals surface area contributed by atoms with E-state index in [-0.39, 0.29) is 12.3 Å². The summed E-state index contributed by atoms with van der Waals surface area (Å²) < 4.78 is 24.8. The first-order valence-corrected chi connectivity index (χ1v) is 10.3. The third-order valence-corrected chi connectivity index (χ3v) is 5.84. The van der Waals surface area contributed by atoms with E-state index in [1.807, 2.05) is 18.2 Å². The van der Waals surface area contributed by atoms with Crippen LogP contribution in [-0.4, -0.2) is 51.3 Å². The lowest BCUT2D eigenvalue weighted by atomic mass is 10.0. The first-order valence-electron chi connectivity index (χ1n) is 8.68. The van der Waals surface area contributed by atoms with Crippen LogP contribution in [0.1, 0.15) is 31.7 Å². The molecular formula is C17H28N4O3S. The van der Waals surface area contributed by atoms with Crippen LogP contribution in [0.15, 0.2) is 24.3 Å². The Bertz CT molecular complexity index is 678. The largest absolute Gasteiger partial charge is 0.337 e. The summed E-state index contributed by atoms with van der Waals surface area (Å²) in [5.74, 6) is -0.149. The van der Waals surface area contributed by atoms with Crippen molar-refractivity contribution >= 4 is 21.7 Å². The molecule has 8 heteroatoms. The number of piperidine rings is 1. The van der Waals surface area contributed by atoms with Crippen LogP contribution in [0.4, 0.5) is 10.5 Å². The number of amides is 2. The van der Waals surface area contributed by atoms with Gasteiger partial charge in [-0.05, 0) is 51.1 Å². The second kappa shape index (κ2) is 9.17. The predicted molar refractivity (Wildman–Crippen MR) is 100 cm³/mol. The van der Waals surface area contributed by atoms with Crippen molar-refractivity contribution in [2.24, 2.45) is 0 Å². The number of nitrogens with one attached hydrogen (secondary N) is 3. The maximum atomic E-state index is 11.9. The number of urea groups is 1. The maximum Gasteiger partial charge on any atom is 0.319 e. The lowest BCUT2D eigenvalue weighted by Crippen LogP contribution is -2.36. The lowest BCUT2D eigenvalue weighted by Gasteiger charge is -2.33. The fourth-order valence-corrected chi connectivity index (χ4v) is 3.53. The van der Waals surface area contributed by atoms with E-state index in [1.54, 1.807) is 0 Å². The molecular weight excluding hydrogens is 340 g/mol. The van der Waals surface area contributed by atoms with Gasteiger partial charge in [-0.1, -0.05) is 18.6 Å². The minimum Gasteiger partial charge on any atom is -0.337 e. The van der Waals surface area contributed by atoms with Gasteiger partial charge in [0.05, 0.1) is 5.75 Å². The van der Waals surface area contributed by atoms with Gasteiger partial charge in [-0.3, -0.25) is 4.90 Å². The number of sulfonamides is 1. The molecule has 1 aliphatic rings. The lowest BCUT2D eigenvalue weighted by molar-refractivity contribution is 0.152. The summed E-state index contributed by atoms with van der Waals surface area (Å²) >= 11 is 0. The molecule has 1 aliphatic heterocycles. The van der Waals surface area contributed by atoms with E-state index in [4.69, 9.17) is 0 Å². The Morgan fingerprint density at radius 2 is 2.12 bits per heavy atom. The van der Waals surface area contributed by atoms with E-state index >= 15 is 0 Å². The van der Waals surface area contributed by atoms with Crippen LogP contribution in [0.3, 0.4) is 0 Å². The summed E-state index contributed by atoms with van der Waals surface area (Å²) in [4.78, 5) is 14.4. The summed E-state index contributed by atoms with van der Waals surface area (Å²) in [7, 11) is -1.96. The van der Waals surface area contributed by atoms with Crippen molar-refractivity contribution in [1.82, 2.24) is 14.9 Å². The van der Waals surface area contributed by atoms with Gasteiger partial charge < -0.3 is 10.6 Å². The molecule has 0 bridgehead atoms. The van der Waals surface area contributed by atoms with E-state index in [0.717, 1.165) is 18.7 Å². The molecule has 0 radical (unpaired) electrons. The number of carbonyl (C=O) groups excluding carboxylic acids is 1. The predicted octanol–water partition coefficient (Wildman–Crippen LogP) is 1.73. The van der Waals surface area contributed by atoms with Crippen LogP contribution >= 0.6 is 0 Å². The van der Waals surface area contributed by atoms with Gasteiger partial charge in [-0.15, -0.1) is 0 Å². The Hall–Kier alpha value is -1.64. The van der Waals surface area contributed by atoms with Gasteiger partial charge in [0.1, 0.15) is 0 Å². The van der Waals surface area contributed by atoms with Crippen LogP contribution in [0.25, 0.3) is 0 Å². The Labute approximate surface area is 150 Å². The number of hydrogen-bond acceptors (Lipinski definition) is 4. The third kappa shape index (κ3) is 6.64. The SMILES string of the molecule is CNS(=O)(=O)CCNC(=O)Nc1cccc(CN2CCCCC2C)c1. The maximum absolute atomic E-state index is 11.9. The van der Waals surface area contributed by atoms with Gasteiger partial charge in [-0.2, -0.15) is 0 Å². The quantitative estimate of drug-likeness (QED) is 0.684. The monoisotopic (exact) mass is 368 g/mol. The van der Waals surface area contributed by atoms with Crippen molar-refractivity contribution in [3.63, 3.8) is 0 Å². The van der Waals surface area contributed by atoms with Crippen LogP contribution in [-0.2, 0) is 16.6 Å². The number of likely N-dealkylation sites (tertiary alicyclic amines) is 1. The number of carbonyl (C=O) groups is 1. The van der Waals surface area contributed by atoms with E-state index in [1.165, 1.54) is 26.3 Å². The summed E-state index contributed by atoms with van der Waals surface area (Å²) in [6.45, 7) is 4.30. The van der Waals surface area contributed by atoms with Gasteiger partial charge in [-0.25, -0.2) is 17.9 Å². The molecule has 2 amide bonds. The van der Waals surface area contributed by atoms with Gasteiger partial charge >= 0.3 is 6.03 Å². The molecule has 1 aromatic carbocycles. The minimum absolute atomic E-state index is 0.0555. The summed E-state index contributed by atoms with van der Waals surface area (Å²) in [6.07, 6.45) is 3.76. The summed E-state index contributed by atoms with van der Waals surface area (Å²) in [5, 5.41) is 5.30. The zero-order chi connectivity index (χ0) is 18.3. The van der Waals surface area contributed by atoms with Gasteiger partial charge in [0, 0.05) is 24.8 Å². The van der Waals surface area contributed by atoms with Gasteiger partial charge in [0.25, 0.3) is 0 Å². The highest BCUT2D eigenvalue weighted by Crippen LogP contribution is 2.20. The molecule has 0 aromatic heterocycles. The fraction of sp³-hybridized carbons (Fsp3) is 0.588. The number of rotatable bonds is 7. The third-order valence-electron chi connectivity index (χ3n) is 4.48. The molecule has 0 aliphatic carbocycles. The molecule has 7 nitrogen and oxygen atoms in total. The van der Waals surface area contributed by atoms with Crippen LogP contribution in [0.5, 0.6) is 0 Å². The molecule has 0 saturated carbocycles.